The summed E-state index contributed by atoms with van der Waals surface area (Å²) in [6.07, 6.45) is -11.9. The van der Waals surface area contributed by atoms with E-state index in [1.54, 1.807) is 0 Å². The number of nitrogens with one attached hydrogen (secondary N) is 1. The number of aromatic amines is 1. The fraction of sp³-hybridized carbons (Fsp3) is 0.688. The van der Waals surface area contributed by atoms with Crippen LogP contribution in [-0.4, -0.2) is 111 Å². The van der Waals surface area contributed by atoms with Crippen molar-refractivity contribution in [3.05, 3.63) is 16.7 Å². The number of aliphatic hydroxyl groups is 5. The zero-order valence-electron chi connectivity index (χ0n) is 19.0. The van der Waals surface area contributed by atoms with Gasteiger partial charge in [-0.1, -0.05) is 0 Å². The number of nitrogens with zero attached hydrogens (tertiary/aromatic N) is 3. The molecule has 0 aromatic carbocycles. The second-order valence-electron chi connectivity index (χ2n) is 8.34. The number of hydrogen-bond donors (Lipinski definition) is 9. The Kier molecular flexibility index (Phi) is 8.39. The predicted octanol–water partition coefficient (Wildman–Crippen LogP) is -3.60. The lowest BCUT2D eigenvalue weighted by Crippen LogP contribution is -2.50. The SMILES string of the molecule is Nc1nc2c(ncn2C2OC(COP(=O)(O)OP(=O)(O)OC3OC(CO)CC(O)C3O)C(O)C2O)c(=O)[nH]1. The number of rotatable bonds is 9. The van der Waals surface area contributed by atoms with Gasteiger partial charge >= 0.3 is 15.6 Å². The molecule has 2 saturated heterocycles. The Bertz CT molecular complexity index is 1310. The molecule has 10 atom stereocenters. The van der Waals surface area contributed by atoms with Crippen LogP contribution in [0.25, 0.3) is 11.2 Å². The van der Waals surface area contributed by atoms with E-state index in [2.05, 4.69) is 28.3 Å². The van der Waals surface area contributed by atoms with Crippen LogP contribution in [0.3, 0.4) is 0 Å². The van der Waals surface area contributed by atoms with Crippen molar-refractivity contribution < 1.29 is 67.3 Å². The first-order valence-electron chi connectivity index (χ1n) is 10.8. The predicted molar refractivity (Wildman–Crippen MR) is 119 cm³/mol. The maximum absolute atomic E-state index is 12.3. The summed E-state index contributed by atoms with van der Waals surface area (Å²) in [5.74, 6) is -0.265. The van der Waals surface area contributed by atoms with Gasteiger partial charge in [-0.25, -0.2) is 14.1 Å². The summed E-state index contributed by atoms with van der Waals surface area (Å²) < 4.78 is 49.3. The van der Waals surface area contributed by atoms with Crippen LogP contribution in [0.4, 0.5) is 5.95 Å². The van der Waals surface area contributed by atoms with E-state index in [4.69, 9.17) is 20.3 Å². The van der Waals surface area contributed by atoms with Crippen molar-refractivity contribution in [2.75, 3.05) is 18.9 Å². The number of aromatic nitrogens is 4. The van der Waals surface area contributed by atoms with E-state index in [-0.39, 0.29) is 23.5 Å². The second-order valence-corrected chi connectivity index (χ2v) is 11.3. The third-order valence-electron chi connectivity index (χ3n) is 5.62. The van der Waals surface area contributed by atoms with Gasteiger partial charge in [0.25, 0.3) is 5.56 Å². The van der Waals surface area contributed by atoms with Gasteiger partial charge in [-0.05, 0) is 0 Å². The summed E-state index contributed by atoms with van der Waals surface area (Å²) in [6, 6.07) is 0. The molecule has 2 aromatic heterocycles. The Morgan fingerprint density at radius 2 is 1.84 bits per heavy atom. The molecule has 2 aromatic rings. The Labute approximate surface area is 211 Å². The Hall–Kier alpha value is -1.87. The number of phosphoric ester groups is 2. The third kappa shape index (κ3) is 6.14. The number of phosphoric acid groups is 2. The Morgan fingerprint density at radius 1 is 1.13 bits per heavy atom. The second kappa shape index (κ2) is 11.0. The molecule has 38 heavy (non-hydrogen) atoms. The summed E-state index contributed by atoms with van der Waals surface area (Å²) >= 11 is 0. The van der Waals surface area contributed by atoms with Crippen molar-refractivity contribution in [2.24, 2.45) is 0 Å². The van der Waals surface area contributed by atoms with E-state index in [1.165, 1.54) is 0 Å². The molecular weight excluding hydrogens is 564 g/mol. The van der Waals surface area contributed by atoms with Crippen LogP contribution in [0, 0.1) is 0 Å². The average molecular weight is 589 g/mol. The number of imidazole rings is 1. The number of hydrogen-bond acceptors (Lipinski definition) is 16. The molecule has 2 aliphatic rings. The highest BCUT2D eigenvalue weighted by molar-refractivity contribution is 7.61. The van der Waals surface area contributed by atoms with Crippen LogP contribution in [0.1, 0.15) is 12.6 Å². The van der Waals surface area contributed by atoms with E-state index < -0.39 is 83.6 Å². The molecule has 0 saturated carbocycles. The minimum atomic E-state index is -5.49. The lowest BCUT2D eigenvalue weighted by Gasteiger charge is -2.36. The minimum absolute atomic E-state index is 0.0979. The van der Waals surface area contributed by atoms with Crippen LogP contribution >= 0.6 is 15.6 Å². The maximum atomic E-state index is 12.3. The molecule has 0 amide bonds. The Balaban J connectivity index is 1.39. The number of ether oxygens (including phenoxy) is 2. The number of nitrogens with two attached hydrogens (primary N) is 1. The summed E-state index contributed by atoms with van der Waals surface area (Å²) in [5.41, 5.74) is 4.59. The molecule has 10 unspecified atom stereocenters. The smallest absolute Gasteiger partial charge is 0.394 e. The summed E-state index contributed by atoms with van der Waals surface area (Å²) in [7, 11) is -10.9. The third-order valence-corrected chi connectivity index (χ3v) is 8.22. The molecule has 4 rings (SSSR count). The van der Waals surface area contributed by atoms with Gasteiger partial charge in [-0.15, -0.1) is 0 Å². The van der Waals surface area contributed by atoms with Crippen LogP contribution < -0.4 is 11.3 Å². The molecule has 0 spiro atoms. The largest absolute Gasteiger partial charge is 0.483 e. The normalized spacial score (nSPS) is 35.2. The van der Waals surface area contributed by atoms with Crippen molar-refractivity contribution in [3.8, 4) is 0 Å². The molecule has 0 bridgehead atoms. The van der Waals surface area contributed by atoms with Crippen LogP contribution in [0.2, 0.25) is 0 Å². The molecular formula is C16H25N5O15P2. The molecule has 10 N–H and O–H groups in total. The highest BCUT2D eigenvalue weighted by Crippen LogP contribution is 2.61. The van der Waals surface area contributed by atoms with E-state index >= 15 is 0 Å². The standard InChI is InChI=1S/C16H25N5O15P2/c17-16-19-12-8(13(27)20-16)18-4-21(12)14-11(26)10(25)7(34-14)3-32-37(28,29)36-38(30,31)35-15-9(24)6(23)1-5(2-22)33-15/h4-7,9-11,14-15,22-26H,1-3H2,(H,28,29)(H,30,31)(H3,17,19,20,27). The monoisotopic (exact) mass is 589 g/mol. The van der Waals surface area contributed by atoms with Gasteiger partial charge < -0.3 is 50.5 Å². The first-order valence-corrected chi connectivity index (χ1v) is 13.8. The molecule has 2 aliphatic heterocycles. The van der Waals surface area contributed by atoms with Crippen molar-refractivity contribution in [1.29, 1.82) is 0 Å². The Morgan fingerprint density at radius 3 is 2.53 bits per heavy atom. The first kappa shape index (κ1) is 29.1. The van der Waals surface area contributed by atoms with Crippen LogP contribution in [0.5, 0.6) is 0 Å². The van der Waals surface area contributed by atoms with Gasteiger partial charge in [0, 0.05) is 6.42 Å². The summed E-state index contributed by atoms with van der Waals surface area (Å²) in [5, 5.41) is 49.5. The zero-order valence-corrected chi connectivity index (χ0v) is 20.8. The zero-order chi connectivity index (χ0) is 28.0. The highest BCUT2D eigenvalue weighted by Gasteiger charge is 2.47. The number of anilines is 1. The van der Waals surface area contributed by atoms with Gasteiger partial charge in [-0.2, -0.15) is 9.29 Å². The topological polar surface area (TPSA) is 311 Å². The van der Waals surface area contributed by atoms with Crippen molar-refractivity contribution in [1.82, 2.24) is 19.5 Å². The van der Waals surface area contributed by atoms with E-state index in [1.807, 2.05) is 0 Å². The average Bonchev–Trinajstić information content (AvgIpc) is 3.35. The van der Waals surface area contributed by atoms with E-state index in [0.717, 1.165) is 10.9 Å². The molecule has 0 aliphatic carbocycles. The highest BCUT2D eigenvalue weighted by atomic mass is 31.3. The van der Waals surface area contributed by atoms with Crippen LogP contribution in [-0.2, 0) is 32.0 Å². The fourth-order valence-corrected chi connectivity index (χ4v) is 5.98. The lowest BCUT2D eigenvalue weighted by atomic mass is 10.0. The molecule has 214 valence electrons. The molecule has 2 fully saturated rings. The van der Waals surface area contributed by atoms with Gasteiger partial charge in [0.2, 0.25) is 5.95 Å². The number of aliphatic hydroxyl groups excluding tert-OH is 5. The van der Waals surface area contributed by atoms with Crippen molar-refractivity contribution in [3.63, 3.8) is 0 Å². The maximum Gasteiger partial charge on any atom is 0.483 e. The molecule has 0 radical (unpaired) electrons. The summed E-state index contributed by atoms with van der Waals surface area (Å²) in [6.45, 7) is -1.59. The number of H-pyrrole nitrogens is 1. The first-order chi connectivity index (χ1) is 17.7. The van der Waals surface area contributed by atoms with E-state index in [9.17, 15) is 44.1 Å². The molecule has 4 heterocycles. The van der Waals surface area contributed by atoms with Gasteiger partial charge in [0.15, 0.2) is 23.7 Å². The molecule has 22 heteroatoms. The minimum Gasteiger partial charge on any atom is -0.394 e. The lowest BCUT2D eigenvalue weighted by molar-refractivity contribution is -0.244. The van der Waals surface area contributed by atoms with Gasteiger partial charge in [0.1, 0.15) is 24.4 Å². The van der Waals surface area contributed by atoms with Gasteiger partial charge in [-0.3, -0.25) is 23.4 Å². The number of nitrogen functional groups attached to an aromatic ring is 1. The van der Waals surface area contributed by atoms with Crippen molar-refractivity contribution >= 4 is 32.8 Å². The van der Waals surface area contributed by atoms with Crippen LogP contribution in [0.15, 0.2) is 11.1 Å². The van der Waals surface area contributed by atoms with Gasteiger partial charge in [0.05, 0.1) is 31.7 Å². The molecule has 20 nitrogen and oxygen atoms in total. The van der Waals surface area contributed by atoms with E-state index in [0.29, 0.717) is 0 Å². The quantitative estimate of drug-likeness (QED) is 0.128. The number of fused-ring (bicyclic) bond motifs is 1. The summed E-state index contributed by atoms with van der Waals surface area (Å²) in [4.78, 5) is 41.7. The van der Waals surface area contributed by atoms with Crippen molar-refractivity contribution in [2.45, 2.75) is 55.6 Å². The fourth-order valence-electron chi connectivity index (χ4n) is 3.82.